The average molecular weight is 196 g/mol. The van der Waals surface area contributed by atoms with E-state index in [1.165, 1.54) is 0 Å². The van der Waals surface area contributed by atoms with E-state index in [2.05, 4.69) is 4.98 Å². The second-order valence-corrected chi connectivity index (χ2v) is 3.11. The molecule has 4 nitrogen and oxygen atoms in total. The van der Waals surface area contributed by atoms with Crippen LogP contribution in [0, 0.1) is 0 Å². The van der Waals surface area contributed by atoms with Gasteiger partial charge in [0.05, 0.1) is 6.10 Å². The van der Waals surface area contributed by atoms with Gasteiger partial charge in [-0.15, -0.1) is 0 Å². The summed E-state index contributed by atoms with van der Waals surface area (Å²) in [7, 11) is 0. The number of aliphatic hydroxyl groups is 1. The zero-order valence-electron chi connectivity index (χ0n) is 8.47. The summed E-state index contributed by atoms with van der Waals surface area (Å²) in [6.07, 6.45) is 2.17. The summed E-state index contributed by atoms with van der Waals surface area (Å²) in [6.45, 7) is 4.26. The van der Waals surface area contributed by atoms with Gasteiger partial charge in [-0.1, -0.05) is 0 Å². The summed E-state index contributed by atoms with van der Waals surface area (Å²) in [5.74, 6) is 0. The average Bonchev–Trinajstić information content (AvgIpc) is 2.18. The molecule has 0 fully saturated rings. The molecule has 0 radical (unpaired) electrons. The van der Waals surface area contributed by atoms with Crippen molar-refractivity contribution in [2.45, 2.75) is 26.1 Å². The molecule has 1 aromatic heterocycles. The molecule has 78 valence electrons. The molecule has 2 unspecified atom stereocenters. The number of ether oxygens (including phenoxy) is 1. The van der Waals surface area contributed by atoms with E-state index in [0.29, 0.717) is 17.9 Å². The zero-order valence-corrected chi connectivity index (χ0v) is 8.47. The fourth-order valence-corrected chi connectivity index (χ4v) is 1.27. The SMILES string of the molecule is CCOC(C)C(O)c1cnccc1N. The van der Waals surface area contributed by atoms with Crippen molar-refractivity contribution in [1.29, 1.82) is 0 Å². The van der Waals surface area contributed by atoms with Crippen LogP contribution >= 0.6 is 0 Å². The minimum atomic E-state index is -0.719. The molecule has 1 rings (SSSR count). The lowest BCUT2D eigenvalue weighted by atomic mass is 10.1. The van der Waals surface area contributed by atoms with Gasteiger partial charge in [0, 0.05) is 30.3 Å². The zero-order chi connectivity index (χ0) is 10.6. The van der Waals surface area contributed by atoms with E-state index in [-0.39, 0.29) is 6.10 Å². The molecule has 4 heteroatoms. The lowest BCUT2D eigenvalue weighted by Crippen LogP contribution is -2.19. The molecular weight excluding hydrogens is 180 g/mol. The second kappa shape index (κ2) is 4.93. The minimum Gasteiger partial charge on any atom is -0.398 e. The highest BCUT2D eigenvalue weighted by Crippen LogP contribution is 2.23. The fourth-order valence-electron chi connectivity index (χ4n) is 1.27. The molecule has 1 aromatic rings. The summed E-state index contributed by atoms with van der Waals surface area (Å²) in [4.78, 5) is 3.91. The first kappa shape index (κ1) is 10.9. The van der Waals surface area contributed by atoms with Gasteiger partial charge in [0.1, 0.15) is 6.10 Å². The van der Waals surface area contributed by atoms with Crippen LogP contribution in [-0.4, -0.2) is 22.8 Å². The molecule has 0 amide bonds. The molecule has 14 heavy (non-hydrogen) atoms. The van der Waals surface area contributed by atoms with Gasteiger partial charge in [-0.25, -0.2) is 0 Å². The third-order valence-electron chi connectivity index (χ3n) is 2.08. The topological polar surface area (TPSA) is 68.4 Å². The van der Waals surface area contributed by atoms with Crippen molar-refractivity contribution in [2.75, 3.05) is 12.3 Å². The number of nitrogens with zero attached hydrogens (tertiary/aromatic N) is 1. The molecule has 1 heterocycles. The van der Waals surface area contributed by atoms with Crippen LogP contribution in [0.15, 0.2) is 18.5 Å². The lowest BCUT2D eigenvalue weighted by molar-refractivity contribution is -0.0225. The van der Waals surface area contributed by atoms with Crippen LogP contribution in [0.1, 0.15) is 25.5 Å². The van der Waals surface area contributed by atoms with Crippen molar-refractivity contribution in [3.8, 4) is 0 Å². The molecule has 0 saturated heterocycles. The Labute approximate surface area is 83.7 Å². The van der Waals surface area contributed by atoms with Gasteiger partial charge < -0.3 is 15.6 Å². The van der Waals surface area contributed by atoms with E-state index in [4.69, 9.17) is 10.5 Å². The van der Waals surface area contributed by atoms with Gasteiger partial charge in [-0.05, 0) is 19.9 Å². The Morgan fingerprint density at radius 3 is 2.93 bits per heavy atom. The van der Waals surface area contributed by atoms with E-state index in [1.54, 1.807) is 25.4 Å². The molecule has 0 aliphatic rings. The number of aliphatic hydroxyl groups excluding tert-OH is 1. The van der Waals surface area contributed by atoms with E-state index in [9.17, 15) is 5.11 Å². The highest BCUT2D eigenvalue weighted by Gasteiger charge is 2.18. The summed E-state index contributed by atoms with van der Waals surface area (Å²) in [5.41, 5.74) is 6.86. The summed E-state index contributed by atoms with van der Waals surface area (Å²) in [6, 6.07) is 1.66. The standard InChI is InChI=1S/C10H16N2O2/c1-3-14-7(2)10(13)8-6-12-5-4-9(8)11/h4-7,10,13H,3H2,1-2H3,(H2,11,12). The highest BCUT2D eigenvalue weighted by atomic mass is 16.5. The highest BCUT2D eigenvalue weighted by molar-refractivity contribution is 5.45. The van der Waals surface area contributed by atoms with Crippen LogP contribution in [0.3, 0.4) is 0 Å². The first-order valence-electron chi connectivity index (χ1n) is 4.65. The predicted molar refractivity (Wildman–Crippen MR) is 54.7 cm³/mol. The summed E-state index contributed by atoms with van der Waals surface area (Å²) >= 11 is 0. The summed E-state index contributed by atoms with van der Waals surface area (Å²) < 4.78 is 5.28. The van der Waals surface area contributed by atoms with Crippen molar-refractivity contribution >= 4 is 5.69 Å². The van der Waals surface area contributed by atoms with E-state index in [0.717, 1.165) is 0 Å². The number of rotatable bonds is 4. The Hall–Kier alpha value is -1.13. The van der Waals surface area contributed by atoms with Crippen LogP contribution in [0.5, 0.6) is 0 Å². The van der Waals surface area contributed by atoms with Crippen molar-refractivity contribution in [1.82, 2.24) is 4.98 Å². The molecule has 2 atom stereocenters. The number of pyridine rings is 1. The Kier molecular flexibility index (Phi) is 3.85. The van der Waals surface area contributed by atoms with Crippen LogP contribution in [-0.2, 0) is 4.74 Å². The second-order valence-electron chi connectivity index (χ2n) is 3.11. The lowest BCUT2D eigenvalue weighted by Gasteiger charge is -2.19. The number of hydrogen-bond acceptors (Lipinski definition) is 4. The number of nitrogen functional groups attached to an aromatic ring is 1. The van der Waals surface area contributed by atoms with Gasteiger partial charge in [0.25, 0.3) is 0 Å². The van der Waals surface area contributed by atoms with Crippen molar-refractivity contribution < 1.29 is 9.84 Å². The van der Waals surface area contributed by atoms with Gasteiger partial charge in [-0.2, -0.15) is 0 Å². The largest absolute Gasteiger partial charge is 0.398 e. The van der Waals surface area contributed by atoms with E-state index in [1.807, 2.05) is 6.92 Å². The van der Waals surface area contributed by atoms with Crippen LogP contribution in [0.2, 0.25) is 0 Å². The molecule has 0 spiro atoms. The normalized spacial score (nSPS) is 15.1. The van der Waals surface area contributed by atoms with Crippen molar-refractivity contribution in [3.63, 3.8) is 0 Å². The molecule has 3 N–H and O–H groups in total. The Morgan fingerprint density at radius 2 is 2.36 bits per heavy atom. The smallest absolute Gasteiger partial charge is 0.108 e. The van der Waals surface area contributed by atoms with Crippen LogP contribution < -0.4 is 5.73 Å². The Bertz CT molecular complexity index is 291. The first-order chi connectivity index (χ1) is 6.66. The third-order valence-corrected chi connectivity index (χ3v) is 2.08. The molecular formula is C10H16N2O2. The maximum atomic E-state index is 9.86. The first-order valence-corrected chi connectivity index (χ1v) is 4.65. The quantitative estimate of drug-likeness (QED) is 0.757. The van der Waals surface area contributed by atoms with Gasteiger partial charge in [0.15, 0.2) is 0 Å². The Morgan fingerprint density at radius 1 is 1.64 bits per heavy atom. The van der Waals surface area contributed by atoms with Crippen LogP contribution in [0.25, 0.3) is 0 Å². The predicted octanol–water partition coefficient (Wildman–Crippen LogP) is 1.12. The van der Waals surface area contributed by atoms with Crippen molar-refractivity contribution in [2.24, 2.45) is 0 Å². The number of hydrogen-bond donors (Lipinski definition) is 2. The molecule has 0 saturated carbocycles. The molecule has 0 aliphatic heterocycles. The van der Waals surface area contributed by atoms with Crippen molar-refractivity contribution in [3.05, 3.63) is 24.0 Å². The van der Waals surface area contributed by atoms with Crippen LogP contribution in [0.4, 0.5) is 5.69 Å². The molecule has 0 bridgehead atoms. The van der Waals surface area contributed by atoms with E-state index < -0.39 is 6.10 Å². The maximum absolute atomic E-state index is 9.86. The number of nitrogens with two attached hydrogens (primary N) is 1. The number of anilines is 1. The van der Waals surface area contributed by atoms with Gasteiger partial charge in [-0.3, -0.25) is 4.98 Å². The maximum Gasteiger partial charge on any atom is 0.108 e. The van der Waals surface area contributed by atoms with Gasteiger partial charge >= 0.3 is 0 Å². The summed E-state index contributed by atoms with van der Waals surface area (Å²) in [5, 5.41) is 9.86. The minimum absolute atomic E-state index is 0.272. The Balaban J connectivity index is 2.78. The van der Waals surface area contributed by atoms with Gasteiger partial charge in [0.2, 0.25) is 0 Å². The number of aromatic nitrogens is 1. The molecule has 0 aliphatic carbocycles. The van der Waals surface area contributed by atoms with E-state index >= 15 is 0 Å². The monoisotopic (exact) mass is 196 g/mol. The third kappa shape index (κ3) is 2.43. The molecule has 0 aromatic carbocycles. The fraction of sp³-hybridized carbons (Fsp3) is 0.500.